The summed E-state index contributed by atoms with van der Waals surface area (Å²) in [5, 5.41) is 18.3. The van der Waals surface area contributed by atoms with E-state index in [2.05, 4.69) is 10.4 Å². The molecule has 0 atom stereocenters. The molecule has 0 radical (unpaired) electrons. The van der Waals surface area contributed by atoms with Crippen LogP contribution in [0.25, 0.3) is 0 Å². The van der Waals surface area contributed by atoms with Crippen LogP contribution in [0.15, 0.2) is 72.9 Å². The van der Waals surface area contributed by atoms with E-state index in [1.54, 1.807) is 24.4 Å². The van der Waals surface area contributed by atoms with E-state index in [0.717, 1.165) is 16.7 Å². The van der Waals surface area contributed by atoms with Crippen LogP contribution in [0.3, 0.4) is 0 Å². The highest BCUT2D eigenvalue weighted by atomic mass is 16.6. The van der Waals surface area contributed by atoms with Crippen molar-refractivity contribution in [1.29, 1.82) is 0 Å². The van der Waals surface area contributed by atoms with E-state index in [9.17, 15) is 14.9 Å². The molecule has 0 aliphatic rings. The quantitative estimate of drug-likeness (QED) is 0.257. The average molecular weight is 473 g/mol. The number of hydrogen-bond acceptors (Lipinski definition) is 6. The van der Waals surface area contributed by atoms with Gasteiger partial charge in [-0.05, 0) is 62.2 Å². The van der Waals surface area contributed by atoms with Gasteiger partial charge in [-0.3, -0.25) is 14.9 Å². The van der Waals surface area contributed by atoms with E-state index < -0.39 is 10.8 Å². The lowest BCUT2D eigenvalue weighted by Crippen LogP contribution is -2.14. The summed E-state index contributed by atoms with van der Waals surface area (Å²) < 4.78 is 13.0. The molecule has 4 aromatic rings. The highest BCUT2D eigenvalue weighted by Gasteiger charge is 2.16. The number of nitro benzene ring substituents is 1. The van der Waals surface area contributed by atoms with Crippen molar-refractivity contribution in [1.82, 2.24) is 9.78 Å². The summed E-state index contributed by atoms with van der Waals surface area (Å²) in [4.78, 5) is 23.6. The van der Waals surface area contributed by atoms with E-state index in [1.807, 2.05) is 51.1 Å². The summed E-state index contributed by atoms with van der Waals surface area (Å²) in [7, 11) is 0. The molecular formula is C26H24N4O5. The molecule has 0 saturated carbocycles. The van der Waals surface area contributed by atoms with Gasteiger partial charge in [-0.2, -0.15) is 5.10 Å². The van der Waals surface area contributed by atoms with Gasteiger partial charge in [-0.25, -0.2) is 4.68 Å². The number of nitro groups is 1. The first-order valence-corrected chi connectivity index (χ1v) is 10.8. The molecular weight excluding hydrogens is 448 g/mol. The molecule has 1 aromatic heterocycles. The van der Waals surface area contributed by atoms with Gasteiger partial charge in [0.25, 0.3) is 11.6 Å². The van der Waals surface area contributed by atoms with Gasteiger partial charge in [0, 0.05) is 18.3 Å². The fraction of sp³-hybridized carbons (Fsp3) is 0.154. The molecule has 0 aliphatic heterocycles. The maximum atomic E-state index is 12.7. The lowest BCUT2D eigenvalue weighted by Gasteiger charge is -2.09. The number of ether oxygens (including phenoxy) is 2. The average Bonchev–Trinajstić information content (AvgIpc) is 3.28. The monoisotopic (exact) mass is 472 g/mol. The highest BCUT2D eigenvalue weighted by Crippen LogP contribution is 2.30. The predicted molar refractivity (Wildman–Crippen MR) is 131 cm³/mol. The molecule has 3 aromatic carbocycles. The standard InChI is InChI=1S/C26H24N4O5/c1-17-4-6-22(7-5-17)35-24-14-20(13-21(15-24)30(32)33)27-26(31)25-8-9-29(28-25)16-34-23-11-18(2)10-19(3)12-23/h4-15H,16H2,1-3H3,(H,27,31). The van der Waals surface area contributed by atoms with Crippen LogP contribution in [0, 0.1) is 30.9 Å². The number of aromatic nitrogens is 2. The van der Waals surface area contributed by atoms with Crippen LogP contribution >= 0.6 is 0 Å². The van der Waals surface area contributed by atoms with Crippen LogP contribution in [0.5, 0.6) is 17.2 Å². The number of nitrogens with zero attached hydrogens (tertiary/aromatic N) is 3. The van der Waals surface area contributed by atoms with Gasteiger partial charge < -0.3 is 14.8 Å². The molecule has 0 spiro atoms. The second-order valence-electron chi connectivity index (χ2n) is 8.18. The van der Waals surface area contributed by atoms with Crippen LogP contribution in [0.4, 0.5) is 11.4 Å². The summed E-state index contributed by atoms with van der Waals surface area (Å²) in [5.41, 5.74) is 3.38. The number of carbonyl (C=O) groups excluding carboxylic acids is 1. The highest BCUT2D eigenvalue weighted by molar-refractivity contribution is 6.03. The molecule has 0 fully saturated rings. The summed E-state index contributed by atoms with van der Waals surface area (Å²) >= 11 is 0. The van der Waals surface area contributed by atoms with Gasteiger partial charge in [0.05, 0.1) is 16.7 Å². The Morgan fingerprint density at radius 3 is 2.31 bits per heavy atom. The molecule has 9 heteroatoms. The Morgan fingerprint density at radius 2 is 1.63 bits per heavy atom. The lowest BCUT2D eigenvalue weighted by atomic mass is 10.1. The van der Waals surface area contributed by atoms with E-state index in [1.165, 1.54) is 22.9 Å². The van der Waals surface area contributed by atoms with Crippen molar-refractivity contribution >= 4 is 17.3 Å². The summed E-state index contributed by atoms with van der Waals surface area (Å²) in [6.45, 7) is 6.05. The first-order valence-electron chi connectivity index (χ1n) is 10.8. The molecule has 178 valence electrons. The minimum Gasteiger partial charge on any atom is -0.471 e. The number of non-ortho nitro benzene ring substituents is 1. The first-order chi connectivity index (χ1) is 16.7. The van der Waals surface area contributed by atoms with Gasteiger partial charge in [-0.15, -0.1) is 0 Å². The van der Waals surface area contributed by atoms with Crippen molar-refractivity contribution in [3.63, 3.8) is 0 Å². The molecule has 1 N–H and O–H groups in total. The first kappa shape index (κ1) is 23.5. The van der Waals surface area contributed by atoms with Crippen LogP contribution < -0.4 is 14.8 Å². The number of anilines is 1. The number of nitrogens with one attached hydrogen (secondary N) is 1. The van der Waals surface area contributed by atoms with Gasteiger partial charge in [0.2, 0.25) is 0 Å². The zero-order valence-electron chi connectivity index (χ0n) is 19.5. The largest absolute Gasteiger partial charge is 0.471 e. The number of carbonyl (C=O) groups is 1. The Balaban J connectivity index is 1.46. The van der Waals surface area contributed by atoms with Crippen molar-refractivity contribution in [2.24, 2.45) is 0 Å². The Morgan fingerprint density at radius 1 is 0.914 bits per heavy atom. The van der Waals surface area contributed by atoms with E-state index in [4.69, 9.17) is 9.47 Å². The Hall–Kier alpha value is -4.66. The molecule has 4 rings (SSSR count). The normalized spacial score (nSPS) is 10.6. The molecule has 0 unspecified atom stereocenters. The van der Waals surface area contributed by atoms with Crippen LogP contribution in [-0.2, 0) is 6.73 Å². The van der Waals surface area contributed by atoms with Gasteiger partial charge in [0.15, 0.2) is 12.4 Å². The van der Waals surface area contributed by atoms with Crippen molar-refractivity contribution in [2.45, 2.75) is 27.5 Å². The van der Waals surface area contributed by atoms with Crippen LogP contribution in [0.1, 0.15) is 27.2 Å². The Kier molecular flexibility index (Phi) is 6.77. The molecule has 1 heterocycles. The molecule has 1 amide bonds. The fourth-order valence-corrected chi connectivity index (χ4v) is 3.47. The van der Waals surface area contributed by atoms with Crippen molar-refractivity contribution < 1.29 is 19.2 Å². The van der Waals surface area contributed by atoms with Crippen molar-refractivity contribution in [3.05, 3.63) is 105 Å². The maximum Gasteiger partial charge on any atom is 0.276 e. The molecule has 0 saturated heterocycles. The van der Waals surface area contributed by atoms with E-state index in [-0.39, 0.29) is 29.5 Å². The van der Waals surface area contributed by atoms with E-state index in [0.29, 0.717) is 11.5 Å². The Bertz CT molecular complexity index is 1360. The van der Waals surface area contributed by atoms with Crippen molar-refractivity contribution in [3.8, 4) is 17.2 Å². The predicted octanol–water partition coefficient (Wildman–Crippen LogP) is 5.80. The second kappa shape index (κ2) is 10.1. The number of hydrogen-bond donors (Lipinski definition) is 1. The minimum atomic E-state index is -0.545. The summed E-state index contributed by atoms with van der Waals surface area (Å²) in [6, 6.07) is 18.8. The summed E-state index contributed by atoms with van der Waals surface area (Å²) in [5.74, 6) is 0.945. The Labute approximate surface area is 202 Å². The number of benzene rings is 3. The third-order valence-electron chi connectivity index (χ3n) is 5.05. The van der Waals surface area contributed by atoms with Crippen LogP contribution in [-0.4, -0.2) is 20.6 Å². The summed E-state index contributed by atoms with van der Waals surface area (Å²) in [6.07, 6.45) is 1.62. The second-order valence-corrected chi connectivity index (χ2v) is 8.18. The number of aryl methyl sites for hydroxylation is 3. The van der Waals surface area contributed by atoms with Gasteiger partial charge in [-0.1, -0.05) is 23.8 Å². The lowest BCUT2D eigenvalue weighted by molar-refractivity contribution is -0.384. The third-order valence-corrected chi connectivity index (χ3v) is 5.05. The van der Waals surface area contributed by atoms with E-state index >= 15 is 0 Å². The zero-order chi connectivity index (χ0) is 24.9. The van der Waals surface area contributed by atoms with Crippen LogP contribution in [0.2, 0.25) is 0 Å². The number of rotatable bonds is 8. The maximum absolute atomic E-state index is 12.7. The SMILES string of the molecule is Cc1ccc(Oc2cc(NC(=O)c3ccn(COc4cc(C)cc(C)c4)n3)cc([N+](=O)[O-])c2)cc1. The zero-order valence-corrected chi connectivity index (χ0v) is 19.5. The topological polar surface area (TPSA) is 109 Å². The third kappa shape index (κ3) is 6.23. The fourth-order valence-electron chi connectivity index (χ4n) is 3.47. The number of amides is 1. The minimum absolute atomic E-state index is 0.127. The molecule has 0 aliphatic carbocycles. The smallest absolute Gasteiger partial charge is 0.276 e. The molecule has 35 heavy (non-hydrogen) atoms. The van der Waals surface area contributed by atoms with Crippen molar-refractivity contribution in [2.75, 3.05) is 5.32 Å². The molecule has 9 nitrogen and oxygen atoms in total. The molecule has 0 bridgehead atoms. The van der Waals surface area contributed by atoms with Gasteiger partial charge >= 0.3 is 0 Å². The van der Waals surface area contributed by atoms with Gasteiger partial charge in [0.1, 0.15) is 17.2 Å².